The second-order valence-electron chi connectivity index (χ2n) is 7.57. The molecule has 1 aliphatic heterocycles. The third kappa shape index (κ3) is 4.46. The number of nitrogens with two attached hydrogens (primary N) is 1. The van der Waals surface area contributed by atoms with Gasteiger partial charge in [0.15, 0.2) is 0 Å². The second-order valence-corrected chi connectivity index (χ2v) is 7.57. The first-order chi connectivity index (χ1) is 14.5. The summed E-state index contributed by atoms with van der Waals surface area (Å²) >= 11 is 0. The smallest absolute Gasteiger partial charge is 0.348 e. The number of hydrogen-bond donors (Lipinski definition) is 1. The molecule has 2 atom stereocenters. The molecular formula is C22H25F6N3. The molecule has 170 valence electrons. The molecule has 3 rings (SSSR count). The van der Waals surface area contributed by atoms with Crippen LogP contribution in [0.4, 0.5) is 37.7 Å². The van der Waals surface area contributed by atoms with Crippen LogP contribution in [0, 0.1) is 0 Å². The average molecular weight is 445 g/mol. The summed E-state index contributed by atoms with van der Waals surface area (Å²) in [6, 6.07) is 9.18. The summed E-state index contributed by atoms with van der Waals surface area (Å²) in [5.74, 6) is 0. The number of anilines is 2. The lowest BCUT2D eigenvalue weighted by molar-refractivity contribution is -0.142. The molecule has 9 heteroatoms. The minimum Gasteiger partial charge on any atom is -0.348 e. The Morgan fingerprint density at radius 3 is 2.10 bits per heavy atom. The highest BCUT2D eigenvalue weighted by atomic mass is 19.4. The van der Waals surface area contributed by atoms with Crippen molar-refractivity contribution in [3.8, 4) is 0 Å². The quantitative estimate of drug-likeness (QED) is 0.538. The Kier molecular flexibility index (Phi) is 6.45. The van der Waals surface area contributed by atoms with Gasteiger partial charge in [-0.05, 0) is 31.0 Å². The molecule has 1 aliphatic rings. The molecule has 2 aromatic carbocycles. The first-order valence-electron chi connectivity index (χ1n) is 10.2. The zero-order chi connectivity index (χ0) is 23.0. The fraction of sp³-hybridized carbons (Fsp3) is 0.455. The van der Waals surface area contributed by atoms with E-state index < -0.39 is 35.7 Å². The Morgan fingerprint density at radius 2 is 1.58 bits per heavy atom. The topological polar surface area (TPSA) is 32.5 Å². The van der Waals surface area contributed by atoms with Gasteiger partial charge in [-0.1, -0.05) is 43.7 Å². The first kappa shape index (κ1) is 23.2. The standard InChI is InChI=1S/C22H25F6N3/c1-3-5-11-31-17-13-15(21(23,24)25)12-16(22(26,27)28)19(17)30(4-2)20(31)18(29)14-9-7-6-8-10-14/h6-10,12-13,18,20H,3-5,11,29H2,1-2H3. The summed E-state index contributed by atoms with van der Waals surface area (Å²) < 4.78 is 82.2. The van der Waals surface area contributed by atoms with Gasteiger partial charge in [-0.15, -0.1) is 0 Å². The summed E-state index contributed by atoms with van der Waals surface area (Å²) in [5, 5.41) is 0. The van der Waals surface area contributed by atoms with E-state index in [4.69, 9.17) is 5.73 Å². The molecule has 1 heterocycles. The summed E-state index contributed by atoms with van der Waals surface area (Å²) in [6.45, 7) is 4.04. The van der Waals surface area contributed by atoms with E-state index in [0.29, 0.717) is 18.5 Å². The van der Waals surface area contributed by atoms with Gasteiger partial charge in [0.1, 0.15) is 6.17 Å². The van der Waals surface area contributed by atoms with E-state index in [9.17, 15) is 26.3 Å². The molecule has 0 spiro atoms. The van der Waals surface area contributed by atoms with E-state index in [2.05, 4.69) is 0 Å². The van der Waals surface area contributed by atoms with Gasteiger partial charge in [-0.2, -0.15) is 26.3 Å². The van der Waals surface area contributed by atoms with E-state index >= 15 is 0 Å². The monoisotopic (exact) mass is 445 g/mol. The lowest BCUT2D eigenvalue weighted by Gasteiger charge is -2.37. The largest absolute Gasteiger partial charge is 0.418 e. The van der Waals surface area contributed by atoms with Crippen LogP contribution in [0.3, 0.4) is 0 Å². The maximum absolute atomic E-state index is 13.9. The molecule has 2 aromatic rings. The highest BCUT2D eigenvalue weighted by Crippen LogP contribution is 2.51. The van der Waals surface area contributed by atoms with Crippen molar-refractivity contribution in [2.45, 2.75) is 51.2 Å². The molecule has 0 amide bonds. The molecule has 0 radical (unpaired) electrons. The van der Waals surface area contributed by atoms with Crippen LogP contribution in [-0.4, -0.2) is 19.3 Å². The molecule has 31 heavy (non-hydrogen) atoms. The summed E-state index contributed by atoms with van der Waals surface area (Å²) in [4.78, 5) is 3.08. The van der Waals surface area contributed by atoms with E-state index in [1.807, 2.05) is 6.92 Å². The van der Waals surface area contributed by atoms with Crippen LogP contribution in [0.2, 0.25) is 0 Å². The third-order valence-corrected chi connectivity index (χ3v) is 5.56. The van der Waals surface area contributed by atoms with E-state index in [-0.39, 0.29) is 24.0 Å². The highest BCUT2D eigenvalue weighted by molar-refractivity contribution is 5.82. The normalized spacial score (nSPS) is 17.8. The Bertz CT molecular complexity index is 895. The van der Waals surface area contributed by atoms with E-state index in [1.165, 1.54) is 4.90 Å². The van der Waals surface area contributed by atoms with Crippen LogP contribution in [0.1, 0.15) is 49.4 Å². The first-order valence-corrected chi connectivity index (χ1v) is 10.2. The van der Waals surface area contributed by atoms with Crippen LogP contribution in [0.15, 0.2) is 42.5 Å². The Balaban J connectivity index is 2.24. The van der Waals surface area contributed by atoms with Gasteiger partial charge in [0.25, 0.3) is 0 Å². The number of rotatable bonds is 6. The second kappa shape index (κ2) is 8.61. The van der Waals surface area contributed by atoms with E-state index in [0.717, 1.165) is 12.5 Å². The molecule has 0 aliphatic carbocycles. The number of alkyl halides is 6. The fourth-order valence-corrected chi connectivity index (χ4v) is 4.12. The Labute approximate surface area is 177 Å². The summed E-state index contributed by atoms with van der Waals surface area (Å²) in [7, 11) is 0. The number of hydrogen-bond acceptors (Lipinski definition) is 3. The number of halogens is 6. The van der Waals surface area contributed by atoms with Crippen LogP contribution in [0.5, 0.6) is 0 Å². The number of likely N-dealkylation sites (N-methyl/N-ethyl adjacent to an activating group) is 1. The van der Waals surface area contributed by atoms with Crippen molar-refractivity contribution in [2.75, 3.05) is 22.9 Å². The predicted molar refractivity (Wildman–Crippen MR) is 109 cm³/mol. The van der Waals surface area contributed by atoms with Crippen molar-refractivity contribution in [1.29, 1.82) is 0 Å². The predicted octanol–water partition coefficient (Wildman–Crippen LogP) is 6.20. The molecule has 3 nitrogen and oxygen atoms in total. The van der Waals surface area contributed by atoms with Crippen molar-refractivity contribution in [3.05, 3.63) is 59.2 Å². The van der Waals surface area contributed by atoms with Crippen molar-refractivity contribution in [1.82, 2.24) is 0 Å². The number of unbranched alkanes of at least 4 members (excludes halogenated alkanes) is 1. The molecular weight excluding hydrogens is 420 g/mol. The van der Waals surface area contributed by atoms with Gasteiger partial charge in [0, 0.05) is 13.1 Å². The maximum Gasteiger partial charge on any atom is 0.418 e. The van der Waals surface area contributed by atoms with Gasteiger partial charge >= 0.3 is 12.4 Å². The molecule has 0 saturated carbocycles. The van der Waals surface area contributed by atoms with Gasteiger partial charge < -0.3 is 15.5 Å². The SMILES string of the molecule is CCCCN1c2cc(C(F)(F)F)cc(C(F)(F)F)c2N(CC)C1C(N)c1ccccc1. The van der Waals surface area contributed by atoms with Gasteiger partial charge in [0.2, 0.25) is 0 Å². The van der Waals surface area contributed by atoms with Gasteiger partial charge in [0.05, 0.1) is 28.5 Å². The zero-order valence-corrected chi connectivity index (χ0v) is 17.3. The van der Waals surface area contributed by atoms with Crippen molar-refractivity contribution in [3.63, 3.8) is 0 Å². The molecule has 0 saturated heterocycles. The van der Waals surface area contributed by atoms with Gasteiger partial charge in [-0.25, -0.2) is 0 Å². The van der Waals surface area contributed by atoms with Gasteiger partial charge in [-0.3, -0.25) is 0 Å². The van der Waals surface area contributed by atoms with E-state index in [1.54, 1.807) is 42.2 Å². The minimum absolute atomic E-state index is 0.0752. The number of benzene rings is 2. The average Bonchev–Trinajstić information content (AvgIpc) is 3.03. The van der Waals surface area contributed by atoms with Crippen molar-refractivity contribution < 1.29 is 26.3 Å². The number of nitrogens with zero attached hydrogens (tertiary/aromatic N) is 2. The Hall–Kier alpha value is -2.42. The summed E-state index contributed by atoms with van der Waals surface area (Å²) in [5.41, 5.74) is 4.28. The van der Waals surface area contributed by atoms with Crippen molar-refractivity contribution in [2.24, 2.45) is 5.73 Å². The maximum atomic E-state index is 13.9. The van der Waals surface area contributed by atoms with Crippen LogP contribution >= 0.6 is 0 Å². The molecule has 2 unspecified atom stereocenters. The van der Waals surface area contributed by atoms with Crippen LogP contribution < -0.4 is 15.5 Å². The van der Waals surface area contributed by atoms with Crippen LogP contribution in [0.25, 0.3) is 0 Å². The lowest BCUT2D eigenvalue weighted by atomic mass is 10.0. The lowest BCUT2D eigenvalue weighted by Crippen LogP contribution is -2.50. The zero-order valence-electron chi connectivity index (χ0n) is 17.3. The summed E-state index contributed by atoms with van der Waals surface area (Å²) in [6.07, 6.45) is -9.25. The fourth-order valence-electron chi connectivity index (χ4n) is 4.12. The molecule has 2 N–H and O–H groups in total. The van der Waals surface area contributed by atoms with Crippen LogP contribution in [-0.2, 0) is 12.4 Å². The molecule has 0 bridgehead atoms. The third-order valence-electron chi connectivity index (χ3n) is 5.56. The molecule has 0 aromatic heterocycles. The highest BCUT2D eigenvalue weighted by Gasteiger charge is 2.47. The molecule has 0 fully saturated rings. The Morgan fingerprint density at radius 1 is 0.935 bits per heavy atom. The number of fused-ring (bicyclic) bond motifs is 1. The minimum atomic E-state index is -4.94. The van der Waals surface area contributed by atoms with Crippen molar-refractivity contribution >= 4 is 11.4 Å².